The van der Waals surface area contributed by atoms with Crippen molar-refractivity contribution < 1.29 is 0 Å². The Balaban J connectivity index is 0.000000171. The quantitative estimate of drug-likeness (QED) is 0.687. The van der Waals surface area contributed by atoms with Gasteiger partial charge in [-0.2, -0.15) is 0 Å². The zero-order chi connectivity index (χ0) is 12.5. The number of aryl methyl sites for hydroxylation is 2. The first kappa shape index (κ1) is 13.8. The van der Waals surface area contributed by atoms with E-state index in [0.29, 0.717) is 0 Å². The van der Waals surface area contributed by atoms with Gasteiger partial charge in [0.2, 0.25) is 0 Å². The normalized spacial score (nSPS) is 9.35. The van der Waals surface area contributed by atoms with E-state index in [4.69, 9.17) is 11.6 Å². The lowest BCUT2D eigenvalue weighted by atomic mass is 10.2. The number of rotatable bonds is 2. The Kier molecular flexibility index (Phi) is 6.42. The largest absolute Gasteiger partial charge is 0.0843 e. The number of benzene rings is 2. The van der Waals surface area contributed by atoms with Crippen LogP contribution in [0.15, 0.2) is 54.6 Å². The van der Waals surface area contributed by atoms with E-state index in [2.05, 4.69) is 38.1 Å². The molecule has 2 aromatic carbocycles. The summed E-state index contributed by atoms with van der Waals surface area (Å²) in [4.78, 5) is 0. The van der Waals surface area contributed by atoms with E-state index in [-0.39, 0.29) is 0 Å². The Morgan fingerprint density at radius 1 is 0.706 bits per heavy atom. The molecule has 0 amide bonds. The third-order valence-corrected chi connectivity index (χ3v) is 2.82. The fraction of sp³-hybridized carbons (Fsp3) is 0.250. The molecule has 90 valence electrons. The minimum Gasteiger partial charge on any atom is -0.0843 e. The summed E-state index contributed by atoms with van der Waals surface area (Å²) < 4.78 is 0. The average molecular weight is 247 g/mol. The van der Waals surface area contributed by atoms with Gasteiger partial charge < -0.3 is 0 Å². The molecule has 0 nitrogen and oxygen atoms in total. The van der Waals surface area contributed by atoms with Gasteiger partial charge in [-0.05, 0) is 36.1 Å². The molecule has 0 atom stereocenters. The topological polar surface area (TPSA) is 0 Å². The highest BCUT2D eigenvalue weighted by atomic mass is 35.5. The maximum Gasteiger partial charge on any atom is 0.0406 e. The van der Waals surface area contributed by atoms with Gasteiger partial charge in [-0.25, -0.2) is 0 Å². The lowest BCUT2D eigenvalue weighted by Gasteiger charge is -1.93. The van der Waals surface area contributed by atoms with Crippen LogP contribution >= 0.6 is 11.6 Å². The number of hydrogen-bond donors (Lipinski definition) is 0. The van der Waals surface area contributed by atoms with Crippen LogP contribution in [0.5, 0.6) is 0 Å². The third kappa shape index (κ3) is 5.55. The summed E-state index contributed by atoms with van der Waals surface area (Å²) in [6, 6.07) is 18.4. The zero-order valence-corrected chi connectivity index (χ0v) is 11.2. The molecule has 17 heavy (non-hydrogen) atoms. The zero-order valence-electron chi connectivity index (χ0n) is 10.5. The highest BCUT2D eigenvalue weighted by Crippen LogP contribution is 2.09. The molecule has 0 saturated carbocycles. The van der Waals surface area contributed by atoms with Gasteiger partial charge in [0.25, 0.3) is 0 Å². The van der Waals surface area contributed by atoms with Crippen molar-refractivity contribution in [2.75, 3.05) is 0 Å². The predicted octanol–water partition coefficient (Wildman–Crippen LogP) is 5.15. The lowest BCUT2D eigenvalue weighted by molar-refractivity contribution is 1.14. The third-order valence-electron chi connectivity index (χ3n) is 2.57. The minimum atomic E-state index is 0.812. The molecule has 0 N–H and O–H groups in total. The van der Waals surface area contributed by atoms with Gasteiger partial charge in [-0.3, -0.25) is 0 Å². The van der Waals surface area contributed by atoms with E-state index < -0.39 is 0 Å². The molecule has 0 fully saturated rings. The molecule has 2 aromatic rings. The Bertz CT molecular complexity index is 403. The highest BCUT2D eigenvalue weighted by Gasteiger charge is 1.86. The monoisotopic (exact) mass is 246 g/mol. The van der Waals surface area contributed by atoms with Crippen LogP contribution < -0.4 is 0 Å². The minimum absolute atomic E-state index is 0.812. The summed E-state index contributed by atoms with van der Waals surface area (Å²) in [7, 11) is 0. The second-order valence-corrected chi connectivity index (χ2v) is 4.26. The van der Waals surface area contributed by atoms with Crippen LogP contribution in [0.2, 0.25) is 5.02 Å². The van der Waals surface area contributed by atoms with Gasteiger partial charge in [0, 0.05) is 5.02 Å². The summed E-state index contributed by atoms with van der Waals surface area (Å²) in [6.07, 6.45) is 2.22. The van der Waals surface area contributed by atoms with E-state index in [0.717, 1.165) is 17.9 Å². The second kappa shape index (κ2) is 7.92. The van der Waals surface area contributed by atoms with Crippen LogP contribution in [0.1, 0.15) is 25.0 Å². The van der Waals surface area contributed by atoms with Gasteiger partial charge >= 0.3 is 0 Å². The van der Waals surface area contributed by atoms with E-state index in [9.17, 15) is 0 Å². The maximum atomic E-state index is 5.67. The van der Waals surface area contributed by atoms with Crippen molar-refractivity contribution in [1.29, 1.82) is 0 Å². The van der Waals surface area contributed by atoms with Crippen LogP contribution in [0, 0.1) is 0 Å². The van der Waals surface area contributed by atoms with Crippen LogP contribution in [-0.4, -0.2) is 0 Å². The second-order valence-electron chi connectivity index (χ2n) is 3.82. The van der Waals surface area contributed by atoms with E-state index in [1.807, 2.05) is 30.3 Å². The van der Waals surface area contributed by atoms with Crippen LogP contribution in [0.25, 0.3) is 0 Å². The average Bonchev–Trinajstić information content (AvgIpc) is 2.41. The summed E-state index contributed by atoms with van der Waals surface area (Å²) in [5, 5.41) is 0.812. The van der Waals surface area contributed by atoms with Gasteiger partial charge in [0.15, 0.2) is 0 Å². The fourth-order valence-corrected chi connectivity index (χ4v) is 1.56. The molecular formula is C16H19Cl. The smallest absolute Gasteiger partial charge is 0.0406 e. The SMILES string of the molecule is CCc1ccc(Cl)cc1.CCc1ccccc1. The summed E-state index contributed by atoms with van der Waals surface area (Å²) in [5.41, 5.74) is 2.74. The summed E-state index contributed by atoms with van der Waals surface area (Å²) >= 11 is 5.67. The van der Waals surface area contributed by atoms with Crippen molar-refractivity contribution in [3.05, 3.63) is 70.7 Å². The highest BCUT2D eigenvalue weighted by molar-refractivity contribution is 6.30. The fourth-order valence-electron chi connectivity index (χ4n) is 1.43. The van der Waals surface area contributed by atoms with Gasteiger partial charge in [-0.1, -0.05) is 67.9 Å². The first-order valence-corrected chi connectivity index (χ1v) is 6.42. The van der Waals surface area contributed by atoms with E-state index in [1.54, 1.807) is 0 Å². The van der Waals surface area contributed by atoms with Gasteiger partial charge in [0.1, 0.15) is 0 Å². The molecule has 2 rings (SSSR count). The maximum absolute atomic E-state index is 5.67. The summed E-state index contributed by atoms with van der Waals surface area (Å²) in [6.45, 7) is 4.29. The van der Waals surface area contributed by atoms with E-state index >= 15 is 0 Å². The van der Waals surface area contributed by atoms with Crippen molar-refractivity contribution in [3.63, 3.8) is 0 Å². The van der Waals surface area contributed by atoms with Crippen LogP contribution in [0.3, 0.4) is 0 Å². The Labute approximate surface area is 109 Å². The molecule has 0 radical (unpaired) electrons. The molecule has 0 aliphatic rings. The molecule has 0 aliphatic heterocycles. The van der Waals surface area contributed by atoms with Crippen molar-refractivity contribution in [3.8, 4) is 0 Å². The van der Waals surface area contributed by atoms with Crippen molar-refractivity contribution in [2.45, 2.75) is 26.7 Å². The predicted molar refractivity (Wildman–Crippen MR) is 76.7 cm³/mol. The molecule has 0 unspecified atom stereocenters. The van der Waals surface area contributed by atoms with Crippen molar-refractivity contribution in [1.82, 2.24) is 0 Å². The van der Waals surface area contributed by atoms with Crippen LogP contribution in [0.4, 0.5) is 0 Å². The molecule has 0 bridgehead atoms. The molecule has 0 saturated heterocycles. The number of halogens is 1. The first-order valence-electron chi connectivity index (χ1n) is 6.04. The molecule has 1 heteroatoms. The van der Waals surface area contributed by atoms with E-state index in [1.165, 1.54) is 11.1 Å². The molecule has 0 heterocycles. The molecule has 0 aromatic heterocycles. The Hall–Kier alpha value is -1.27. The van der Waals surface area contributed by atoms with Gasteiger partial charge in [0.05, 0.1) is 0 Å². The lowest BCUT2D eigenvalue weighted by Crippen LogP contribution is -1.75. The molecule has 0 aliphatic carbocycles. The Morgan fingerprint density at radius 2 is 1.18 bits per heavy atom. The number of hydrogen-bond acceptors (Lipinski definition) is 0. The van der Waals surface area contributed by atoms with Gasteiger partial charge in [-0.15, -0.1) is 0 Å². The van der Waals surface area contributed by atoms with Crippen LogP contribution in [-0.2, 0) is 12.8 Å². The summed E-state index contributed by atoms with van der Waals surface area (Å²) in [5.74, 6) is 0. The van der Waals surface area contributed by atoms with Crippen molar-refractivity contribution in [2.24, 2.45) is 0 Å². The molecular weight excluding hydrogens is 228 g/mol. The molecule has 0 spiro atoms. The Morgan fingerprint density at radius 3 is 1.59 bits per heavy atom. The standard InChI is InChI=1S/C8H9Cl.C8H10/c1-2-7-3-5-8(9)6-4-7;1-2-8-6-4-3-5-7-8/h3-6H,2H2,1H3;3-7H,2H2,1H3. The van der Waals surface area contributed by atoms with Crippen molar-refractivity contribution >= 4 is 11.6 Å². The first-order chi connectivity index (χ1) is 8.26.